The van der Waals surface area contributed by atoms with Gasteiger partial charge in [0, 0.05) is 17.8 Å². The summed E-state index contributed by atoms with van der Waals surface area (Å²) in [4.78, 5) is 35.4. The number of rotatable bonds is 4. The Morgan fingerprint density at radius 1 is 1.58 bits per heavy atom. The number of hydrogen-bond donors (Lipinski definition) is 3. The number of thioether (sulfide) groups is 1. The highest BCUT2D eigenvalue weighted by molar-refractivity contribution is 8.00. The summed E-state index contributed by atoms with van der Waals surface area (Å²) in [5, 5.41) is 14.2. The van der Waals surface area contributed by atoms with Crippen molar-refractivity contribution in [1.29, 1.82) is 0 Å². The molecule has 2 rings (SSSR count). The van der Waals surface area contributed by atoms with Gasteiger partial charge in [0.15, 0.2) is 0 Å². The van der Waals surface area contributed by atoms with E-state index in [4.69, 9.17) is 5.11 Å². The van der Waals surface area contributed by atoms with Crippen LogP contribution in [0.1, 0.15) is 12.8 Å². The lowest BCUT2D eigenvalue weighted by molar-refractivity contribution is -0.144. The molecule has 1 aliphatic carbocycles. The number of carbonyl (C=O) groups excluding carboxylic acids is 2. The van der Waals surface area contributed by atoms with E-state index in [9.17, 15) is 14.4 Å². The molecule has 1 atom stereocenters. The third-order valence-corrected chi connectivity index (χ3v) is 4.95. The second kappa shape index (κ2) is 5.28. The molecule has 7 nitrogen and oxygen atoms in total. The number of carboxylic acids is 1. The SMILES string of the molecule is CSC1(CNC(=O)N2CC(=O)NCC2C(=O)O)CC1. The first-order valence-electron chi connectivity index (χ1n) is 6.06. The van der Waals surface area contributed by atoms with Crippen molar-refractivity contribution < 1.29 is 19.5 Å². The van der Waals surface area contributed by atoms with Gasteiger partial charge in [0.1, 0.15) is 12.6 Å². The van der Waals surface area contributed by atoms with E-state index in [0.717, 1.165) is 17.7 Å². The summed E-state index contributed by atoms with van der Waals surface area (Å²) >= 11 is 1.71. The molecule has 0 bridgehead atoms. The maximum absolute atomic E-state index is 12.0. The highest BCUT2D eigenvalue weighted by Crippen LogP contribution is 2.46. The molecule has 0 spiro atoms. The predicted molar refractivity (Wildman–Crippen MR) is 70.0 cm³/mol. The van der Waals surface area contributed by atoms with Crippen molar-refractivity contribution in [2.75, 3.05) is 25.9 Å². The van der Waals surface area contributed by atoms with Crippen molar-refractivity contribution in [2.24, 2.45) is 0 Å². The number of carboxylic acid groups (broad SMARTS) is 1. The smallest absolute Gasteiger partial charge is 0.328 e. The van der Waals surface area contributed by atoms with Crippen LogP contribution in [0, 0.1) is 0 Å². The lowest BCUT2D eigenvalue weighted by Crippen LogP contribution is -2.61. The first-order valence-corrected chi connectivity index (χ1v) is 7.29. The lowest BCUT2D eigenvalue weighted by atomic mass is 10.2. The van der Waals surface area contributed by atoms with Crippen molar-refractivity contribution in [2.45, 2.75) is 23.6 Å². The predicted octanol–water partition coefficient (Wildman–Crippen LogP) is -0.523. The Morgan fingerprint density at radius 2 is 2.26 bits per heavy atom. The van der Waals surface area contributed by atoms with E-state index >= 15 is 0 Å². The van der Waals surface area contributed by atoms with Crippen LogP contribution >= 0.6 is 11.8 Å². The zero-order chi connectivity index (χ0) is 14.0. The van der Waals surface area contributed by atoms with Gasteiger partial charge in [-0.05, 0) is 19.1 Å². The fraction of sp³-hybridized carbons (Fsp3) is 0.727. The minimum atomic E-state index is -1.11. The van der Waals surface area contributed by atoms with E-state index in [1.807, 2.05) is 6.26 Å². The molecule has 3 amide bonds. The van der Waals surface area contributed by atoms with Crippen LogP contribution in [0.25, 0.3) is 0 Å². The Hall–Kier alpha value is -1.44. The van der Waals surface area contributed by atoms with Gasteiger partial charge in [0.05, 0.1) is 0 Å². The number of urea groups is 1. The molecular formula is C11H17N3O4S. The van der Waals surface area contributed by atoms with Crippen LogP contribution in [-0.2, 0) is 9.59 Å². The van der Waals surface area contributed by atoms with Gasteiger partial charge in [0.2, 0.25) is 5.91 Å². The molecule has 3 N–H and O–H groups in total. The van der Waals surface area contributed by atoms with Crippen molar-refractivity contribution >= 4 is 29.7 Å². The minimum Gasteiger partial charge on any atom is -0.480 e. The second-order valence-electron chi connectivity index (χ2n) is 4.83. The molecule has 8 heteroatoms. The van der Waals surface area contributed by atoms with Crippen molar-refractivity contribution in [3.63, 3.8) is 0 Å². The third-order valence-electron chi connectivity index (χ3n) is 3.53. The standard InChI is InChI=1S/C11H17N3O4S/c1-19-11(2-3-11)6-13-10(18)14-5-8(15)12-4-7(14)9(16)17/h7H,2-6H2,1H3,(H,12,15)(H,13,18)(H,16,17). The van der Waals surface area contributed by atoms with Crippen LogP contribution in [-0.4, -0.2) is 64.6 Å². The molecule has 2 aliphatic rings. The van der Waals surface area contributed by atoms with Crippen LogP contribution in [0.15, 0.2) is 0 Å². The average Bonchev–Trinajstić information content (AvgIpc) is 3.16. The highest BCUT2D eigenvalue weighted by Gasteiger charge is 2.43. The molecule has 1 aliphatic heterocycles. The number of aliphatic carboxylic acids is 1. The van der Waals surface area contributed by atoms with Crippen molar-refractivity contribution in [1.82, 2.24) is 15.5 Å². The Morgan fingerprint density at radius 3 is 2.79 bits per heavy atom. The fourth-order valence-electron chi connectivity index (χ4n) is 2.01. The van der Waals surface area contributed by atoms with Gasteiger partial charge in [-0.15, -0.1) is 0 Å². The van der Waals surface area contributed by atoms with E-state index in [2.05, 4.69) is 10.6 Å². The summed E-state index contributed by atoms with van der Waals surface area (Å²) in [5.41, 5.74) is 0. The molecule has 2 fully saturated rings. The van der Waals surface area contributed by atoms with E-state index in [1.165, 1.54) is 0 Å². The second-order valence-corrected chi connectivity index (χ2v) is 6.11. The number of hydrogen-bond acceptors (Lipinski definition) is 4. The maximum atomic E-state index is 12.0. The molecule has 1 heterocycles. The van der Waals surface area contributed by atoms with Crippen LogP contribution in [0.2, 0.25) is 0 Å². The quantitative estimate of drug-likeness (QED) is 0.646. The summed E-state index contributed by atoms with van der Waals surface area (Å²) in [6.07, 6.45) is 4.10. The zero-order valence-corrected chi connectivity index (χ0v) is 11.5. The average molecular weight is 287 g/mol. The molecule has 106 valence electrons. The van der Waals surface area contributed by atoms with E-state index in [0.29, 0.717) is 6.54 Å². The maximum Gasteiger partial charge on any atom is 0.328 e. The molecule has 0 radical (unpaired) electrons. The molecule has 0 aromatic carbocycles. The Labute approximate surface area is 115 Å². The van der Waals surface area contributed by atoms with Gasteiger partial charge < -0.3 is 15.7 Å². The summed E-state index contributed by atoms with van der Waals surface area (Å²) < 4.78 is 0.104. The summed E-state index contributed by atoms with van der Waals surface area (Å²) in [6, 6.07) is -1.48. The van der Waals surface area contributed by atoms with Gasteiger partial charge in [0.25, 0.3) is 0 Å². The highest BCUT2D eigenvalue weighted by atomic mass is 32.2. The van der Waals surface area contributed by atoms with Crippen LogP contribution in [0.3, 0.4) is 0 Å². The number of nitrogens with zero attached hydrogens (tertiary/aromatic N) is 1. The summed E-state index contributed by atoms with van der Waals surface area (Å²) in [6.45, 7) is 0.252. The Bertz CT molecular complexity index is 411. The number of amides is 3. The van der Waals surface area contributed by atoms with E-state index in [-0.39, 0.29) is 23.7 Å². The van der Waals surface area contributed by atoms with Crippen LogP contribution in [0.4, 0.5) is 4.79 Å². The number of piperazine rings is 1. The van der Waals surface area contributed by atoms with Crippen LogP contribution < -0.4 is 10.6 Å². The van der Waals surface area contributed by atoms with Gasteiger partial charge in [-0.25, -0.2) is 9.59 Å². The first kappa shape index (κ1) is 14.0. The van der Waals surface area contributed by atoms with Gasteiger partial charge in [-0.2, -0.15) is 11.8 Å². The number of nitrogens with one attached hydrogen (secondary N) is 2. The zero-order valence-electron chi connectivity index (χ0n) is 10.6. The molecule has 0 aromatic rings. The molecule has 1 unspecified atom stereocenters. The fourth-order valence-corrected chi connectivity index (χ4v) is 2.73. The third kappa shape index (κ3) is 3.12. The number of carbonyl (C=O) groups is 3. The summed E-state index contributed by atoms with van der Waals surface area (Å²) in [5.74, 6) is -1.44. The Kier molecular flexibility index (Phi) is 3.88. The molecule has 0 aromatic heterocycles. The van der Waals surface area contributed by atoms with Gasteiger partial charge in [-0.1, -0.05) is 0 Å². The normalized spacial score (nSPS) is 24.6. The van der Waals surface area contributed by atoms with E-state index < -0.39 is 18.0 Å². The van der Waals surface area contributed by atoms with Gasteiger partial charge >= 0.3 is 12.0 Å². The largest absolute Gasteiger partial charge is 0.480 e. The molecule has 1 saturated heterocycles. The van der Waals surface area contributed by atoms with Gasteiger partial charge in [-0.3, -0.25) is 9.69 Å². The monoisotopic (exact) mass is 287 g/mol. The minimum absolute atomic E-state index is 0.0464. The Balaban J connectivity index is 1.94. The summed E-state index contributed by atoms with van der Waals surface area (Å²) in [7, 11) is 0. The first-order chi connectivity index (χ1) is 8.97. The van der Waals surface area contributed by atoms with Crippen molar-refractivity contribution in [3.05, 3.63) is 0 Å². The topological polar surface area (TPSA) is 98.7 Å². The molecule has 1 saturated carbocycles. The van der Waals surface area contributed by atoms with Crippen LogP contribution in [0.5, 0.6) is 0 Å². The lowest BCUT2D eigenvalue weighted by Gasteiger charge is -2.33. The molecule has 19 heavy (non-hydrogen) atoms. The van der Waals surface area contributed by atoms with E-state index in [1.54, 1.807) is 11.8 Å². The molecular weight excluding hydrogens is 270 g/mol. The van der Waals surface area contributed by atoms with Crippen molar-refractivity contribution in [3.8, 4) is 0 Å².